The summed E-state index contributed by atoms with van der Waals surface area (Å²) in [5, 5.41) is 2.89. The van der Waals surface area contributed by atoms with Gasteiger partial charge < -0.3 is 11.1 Å². The number of nitrogen functional groups attached to an aromatic ring is 1. The summed E-state index contributed by atoms with van der Waals surface area (Å²) in [7, 11) is 0. The first-order valence-corrected chi connectivity index (χ1v) is 7.52. The monoisotopic (exact) mass is 302 g/mol. The normalized spacial score (nSPS) is 10.3. The molecule has 0 spiro atoms. The van der Waals surface area contributed by atoms with Gasteiger partial charge in [0.1, 0.15) is 0 Å². The van der Waals surface area contributed by atoms with Gasteiger partial charge >= 0.3 is 0 Å². The Kier molecular flexibility index (Phi) is 4.39. The molecule has 3 rings (SSSR count). The van der Waals surface area contributed by atoms with Crippen molar-refractivity contribution in [2.75, 3.05) is 11.1 Å². The number of hydrogen-bond acceptors (Lipinski definition) is 2. The zero-order valence-electron chi connectivity index (χ0n) is 12.7. The fraction of sp³-hybridized carbons (Fsp3) is 0.0500. The maximum atomic E-state index is 12.6. The molecule has 0 bridgehead atoms. The number of carbonyl (C=O) groups is 1. The van der Waals surface area contributed by atoms with Crippen molar-refractivity contribution >= 4 is 17.3 Å². The van der Waals surface area contributed by atoms with Gasteiger partial charge in [0.15, 0.2) is 0 Å². The Morgan fingerprint density at radius 3 is 2.26 bits per heavy atom. The number of hydrogen-bond donors (Lipinski definition) is 2. The lowest BCUT2D eigenvalue weighted by molar-refractivity contribution is 0.102. The highest BCUT2D eigenvalue weighted by molar-refractivity contribution is 6.06. The van der Waals surface area contributed by atoms with Crippen LogP contribution >= 0.6 is 0 Å². The van der Waals surface area contributed by atoms with E-state index in [2.05, 4.69) is 17.4 Å². The third kappa shape index (κ3) is 3.58. The molecule has 0 aromatic heterocycles. The van der Waals surface area contributed by atoms with Crippen LogP contribution in [0, 0.1) is 0 Å². The second-order valence-electron chi connectivity index (χ2n) is 5.36. The second kappa shape index (κ2) is 6.79. The van der Waals surface area contributed by atoms with Crippen LogP contribution in [0.2, 0.25) is 0 Å². The molecule has 0 fully saturated rings. The van der Waals surface area contributed by atoms with Crippen molar-refractivity contribution in [1.82, 2.24) is 0 Å². The molecule has 0 aliphatic carbocycles. The minimum Gasteiger partial charge on any atom is -0.397 e. The Bertz CT molecular complexity index is 813. The lowest BCUT2D eigenvalue weighted by Crippen LogP contribution is -2.15. The summed E-state index contributed by atoms with van der Waals surface area (Å²) in [5.41, 5.74) is 9.91. The molecule has 0 saturated heterocycles. The molecule has 0 heterocycles. The topological polar surface area (TPSA) is 55.1 Å². The molecule has 3 N–H and O–H groups in total. The minimum absolute atomic E-state index is 0.144. The van der Waals surface area contributed by atoms with E-state index in [0.717, 1.165) is 5.56 Å². The molecule has 23 heavy (non-hydrogen) atoms. The van der Waals surface area contributed by atoms with Crippen LogP contribution in [0.3, 0.4) is 0 Å². The number of nitrogens with one attached hydrogen (secondary N) is 1. The smallest absolute Gasteiger partial charge is 0.256 e. The number of carbonyl (C=O) groups excluding carboxylic acids is 1. The van der Waals surface area contributed by atoms with Gasteiger partial charge in [-0.05, 0) is 35.7 Å². The molecular weight excluding hydrogens is 284 g/mol. The number of nitrogens with two attached hydrogens (primary N) is 1. The standard InChI is InChI=1S/C20H18N2O/c21-18-12-6-7-13-19(18)22-20(23)17-11-5-4-10-16(17)14-15-8-2-1-3-9-15/h1-13H,14,21H2,(H,22,23). The largest absolute Gasteiger partial charge is 0.397 e. The molecule has 3 aromatic carbocycles. The number of rotatable bonds is 4. The van der Waals surface area contributed by atoms with Crippen LogP contribution in [-0.4, -0.2) is 5.91 Å². The molecule has 114 valence electrons. The summed E-state index contributed by atoms with van der Waals surface area (Å²) in [6, 6.07) is 25.0. The average Bonchev–Trinajstić information content (AvgIpc) is 2.58. The number of benzene rings is 3. The fourth-order valence-electron chi connectivity index (χ4n) is 2.51. The quantitative estimate of drug-likeness (QED) is 0.713. The fourth-order valence-corrected chi connectivity index (χ4v) is 2.51. The van der Waals surface area contributed by atoms with Gasteiger partial charge in [-0.15, -0.1) is 0 Å². The Morgan fingerprint density at radius 2 is 1.48 bits per heavy atom. The lowest BCUT2D eigenvalue weighted by Gasteiger charge is -2.11. The summed E-state index contributed by atoms with van der Waals surface area (Å²) in [5.74, 6) is -0.144. The van der Waals surface area contributed by atoms with Crippen LogP contribution < -0.4 is 11.1 Å². The maximum absolute atomic E-state index is 12.6. The predicted octanol–water partition coefficient (Wildman–Crippen LogP) is 4.11. The molecule has 3 nitrogen and oxygen atoms in total. The van der Waals surface area contributed by atoms with Gasteiger partial charge in [0, 0.05) is 5.56 Å². The molecule has 0 saturated carbocycles. The molecule has 0 aliphatic heterocycles. The van der Waals surface area contributed by atoms with E-state index in [1.54, 1.807) is 12.1 Å². The molecule has 3 heteroatoms. The van der Waals surface area contributed by atoms with E-state index in [-0.39, 0.29) is 5.91 Å². The molecule has 0 unspecified atom stereocenters. The van der Waals surface area contributed by atoms with Crippen LogP contribution in [0.4, 0.5) is 11.4 Å². The number of anilines is 2. The summed E-state index contributed by atoms with van der Waals surface area (Å²) in [6.45, 7) is 0. The van der Waals surface area contributed by atoms with E-state index in [0.29, 0.717) is 23.4 Å². The SMILES string of the molecule is Nc1ccccc1NC(=O)c1ccccc1Cc1ccccc1. The first-order chi connectivity index (χ1) is 11.2. The van der Waals surface area contributed by atoms with Gasteiger partial charge in [0.2, 0.25) is 0 Å². The molecular formula is C20H18N2O. The molecule has 1 amide bonds. The zero-order valence-corrected chi connectivity index (χ0v) is 12.7. The van der Waals surface area contributed by atoms with Crippen molar-refractivity contribution in [3.63, 3.8) is 0 Å². The summed E-state index contributed by atoms with van der Waals surface area (Å²) in [4.78, 5) is 12.6. The van der Waals surface area contributed by atoms with Crippen molar-refractivity contribution in [3.05, 3.63) is 95.6 Å². The van der Waals surface area contributed by atoms with E-state index in [9.17, 15) is 4.79 Å². The zero-order chi connectivity index (χ0) is 16.1. The van der Waals surface area contributed by atoms with E-state index >= 15 is 0 Å². The Morgan fingerprint density at radius 1 is 0.826 bits per heavy atom. The summed E-state index contributed by atoms with van der Waals surface area (Å²) in [6.07, 6.45) is 0.717. The van der Waals surface area contributed by atoms with Crippen molar-refractivity contribution in [1.29, 1.82) is 0 Å². The second-order valence-corrected chi connectivity index (χ2v) is 5.36. The Hall–Kier alpha value is -3.07. The minimum atomic E-state index is -0.144. The average molecular weight is 302 g/mol. The van der Waals surface area contributed by atoms with Crippen LogP contribution in [-0.2, 0) is 6.42 Å². The van der Waals surface area contributed by atoms with Crippen LogP contribution in [0.1, 0.15) is 21.5 Å². The number of amides is 1. The molecule has 0 atom stereocenters. The van der Waals surface area contributed by atoms with Crippen molar-refractivity contribution < 1.29 is 4.79 Å². The van der Waals surface area contributed by atoms with Gasteiger partial charge in [-0.2, -0.15) is 0 Å². The van der Waals surface area contributed by atoms with Gasteiger partial charge in [-0.1, -0.05) is 60.7 Å². The highest BCUT2D eigenvalue weighted by atomic mass is 16.1. The third-order valence-corrected chi connectivity index (χ3v) is 3.71. The van der Waals surface area contributed by atoms with E-state index < -0.39 is 0 Å². The van der Waals surface area contributed by atoms with Gasteiger partial charge in [0.05, 0.1) is 11.4 Å². The third-order valence-electron chi connectivity index (χ3n) is 3.71. The number of para-hydroxylation sites is 2. The lowest BCUT2D eigenvalue weighted by atomic mass is 9.99. The van der Waals surface area contributed by atoms with Gasteiger partial charge in [0.25, 0.3) is 5.91 Å². The predicted molar refractivity (Wildman–Crippen MR) is 94.5 cm³/mol. The van der Waals surface area contributed by atoms with Crippen LogP contribution in [0.25, 0.3) is 0 Å². The van der Waals surface area contributed by atoms with Crippen LogP contribution in [0.5, 0.6) is 0 Å². The summed E-state index contributed by atoms with van der Waals surface area (Å²) < 4.78 is 0. The highest BCUT2D eigenvalue weighted by Crippen LogP contribution is 2.20. The van der Waals surface area contributed by atoms with Crippen LogP contribution in [0.15, 0.2) is 78.9 Å². The Labute approximate surface area is 135 Å². The van der Waals surface area contributed by atoms with Crippen molar-refractivity contribution in [2.24, 2.45) is 0 Å². The van der Waals surface area contributed by atoms with Gasteiger partial charge in [-0.25, -0.2) is 0 Å². The van der Waals surface area contributed by atoms with E-state index in [1.165, 1.54) is 5.56 Å². The molecule has 3 aromatic rings. The summed E-state index contributed by atoms with van der Waals surface area (Å²) >= 11 is 0. The maximum Gasteiger partial charge on any atom is 0.256 e. The van der Waals surface area contributed by atoms with E-state index in [4.69, 9.17) is 5.73 Å². The first-order valence-electron chi connectivity index (χ1n) is 7.52. The van der Waals surface area contributed by atoms with Crippen molar-refractivity contribution in [3.8, 4) is 0 Å². The molecule has 0 aliphatic rings. The molecule has 0 radical (unpaired) electrons. The van der Waals surface area contributed by atoms with E-state index in [1.807, 2.05) is 54.6 Å². The Balaban J connectivity index is 1.85. The van der Waals surface area contributed by atoms with Crippen molar-refractivity contribution in [2.45, 2.75) is 6.42 Å². The van der Waals surface area contributed by atoms with Gasteiger partial charge in [-0.3, -0.25) is 4.79 Å². The highest BCUT2D eigenvalue weighted by Gasteiger charge is 2.12. The first kappa shape index (κ1) is 14.9.